The summed E-state index contributed by atoms with van der Waals surface area (Å²) in [7, 11) is 1.85. The second-order valence-electron chi connectivity index (χ2n) is 7.02. The number of hydrogen-bond acceptors (Lipinski definition) is 3. The van der Waals surface area contributed by atoms with Crippen LogP contribution in [0.1, 0.15) is 28.8 Å². The Morgan fingerprint density at radius 3 is 2.83 bits per heavy atom. The van der Waals surface area contributed by atoms with E-state index in [2.05, 4.69) is 54.1 Å². The number of piperidine rings is 1. The molecule has 2 aromatic rings. The van der Waals surface area contributed by atoms with Gasteiger partial charge in [0.15, 0.2) is 0 Å². The number of aryl methyl sites for hydroxylation is 2. The van der Waals surface area contributed by atoms with Crippen LogP contribution in [-0.4, -0.2) is 36.2 Å². The molecule has 0 bridgehead atoms. The smallest absolute Gasteiger partial charge is 0.0730 e. The third-order valence-corrected chi connectivity index (χ3v) is 5.15. The van der Waals surface area contributed by atoms with Gasteiger partial charge in [0, 0.05) is 26.4 Å². The van der Waals surface area contributed by atoms with Crippen molar-refractivity contribution in [2.45, 2.75) is 39.3 Å². The van der Waals surface area contributed by atoms with Gasteiger partial charge in [0.1, 0.15) is 0 Å². The Morgan fingerprint density at radius 2 is 2.08 bits per heavy atom. The third-order valence-electron chi connectivity index (χ3n) is 5.15. The molecule has 0 amide bonds. The molecule has 0 radical (unpaired) electrons. The number of ether oxygens (including phenoxy) is 1. The highest BCUT2D eigenvalue weighted by Gasteiger charge is 2.29. The number of benzene rings is 1. The van der Waals surface area contributed by atoms with Crippen molar-refractivity contribution >= 4 is 0 Å². The molecule has 2 atom stereocenters. The van der Waals surface area contributed by atoms with Gasteiger partial charge in [0.05, 0.1) is 11.8 Å². The maximum absolute atomic E-state index is 5.84. The molecule has 1 saturated heterocycles. The van der Waals surface area contributed by atoms with Crippen LogP contribution >= 0.6 is 0 Å². The van der Waals surface area contributed by atoms with Gasteiger partial charge < -0.3 is 4.74 Å². The summed E-state index contributed by atoms with van der Waals surface area (Å²) in [5.74, 6) is 0.595. The standard InChI is InChI=1S/C21H28N2O/c1-16-6-4-8-18(12-16)13-19-9-11-23(15-21(19)24-3)14-20-17(2)7-5-10-22-20/h4-8,10,12,19,21H,9,11,13-15H2,1-3H3/t19-,21+/m1/s1. The molecule has 0 N–H and O–H groups in total. The molecule has 1 aromatic heterocycles. The lowest BCUT2D eigenvalue weighted by Gasteiger charge is -2.38. The summed E-state index contributed by atoms with van der Waals surface area (Å²) < 4.78 is 5.84. The van der Waals surface area contributed by atoms with Gasteiger partial charge in [0.25, 0.3) is 0 Å². The minimum absolute atomic E-state index is 0.295. The zero-order chi connectivity index (χ0) is 16.9. The monoisotopic (exact) mass is 324 g/mol. The highest BCUT2D eigenvalue weighted by atomic mass is 16.5. The van der Waals surface area contributed by atoms with E-state index >= 15 is 0 Å². The topological polar surface area (TPSA) is 25.4 Å². The van der Waals surface area contributed by atoms with Crippen LogP contribution in [0.2, 0.25) is 0 Å². The van der Waals surface area contributed by atoms with E-state index in [0.29, 0.717) is 12.0 Å². The lowest BCUT2D eigenvalue weighted by molar-refractivity contribution is -0.0139. The zero-order valence-corrected chi connectivity index (χ0v) is 15.0. The molecule has 0 spiro atoms. The Bertz CT molecular complexity index is 670. The first-order chi connectivity index (χ1) is 11.7. The van der Waals surface area contributed by atoms with E-state index in [1.165, 1.54) is 28.8 Å². The summed E-state index contributed by atoms with van der Waals surface area (Å²) in [4.78, 5) is 7.02. The van der Waals surface area contributed by atoms with Crippen LogP contribution in [0.3, 0.4) is 0 Å². The fourth-order valence-corrected chi connectivity index (χ4v) is 3.71. The molecule has 1 aliphatic rings. The minimum atomic E-state index is 0.295. The van der Waals surface area contributed by atoms with Gasteiger partial charge in [-0.25, -0.2) is 0 Å². The summed E-state index contributed by atoms with van der Waals surface area (Å²) in [6, 6.07) is 13.0. The number of likely N-dealkylation sites (tertiary alicyclic amines) is 1. The SMILES string of the molecule is CO[C@H]1CN(Cc2ncccc2C)CC[C@@H]1Cc1cccc(C)c1. The average molecular weight is 324 g/mol. The first kappa shape index (κ1) is 17.1. The predicted molar refractivity (Wildman–Crippen MR) is 98.0 cm³/mol. The van der Waals surface area contributed by atoms with Gasteiger partial charge in [-0.15, -0.1) is 0 Å². The van der Waals surface area contributed by atoms with E-state index in [-0.39, 0.29) is 0 Å². The molecule has 1 aromatic carbocycles. The predicted octanol–water partition coefficient (Wildman–Crippen LogP) is 3.78. The number of nitrogens with zero attached hydrogens (tertiary/aromatic N) is 2. The van der Waals surface area contributed by atoms with Gasteiger partial charge >= 0.3 is 0 Å². The molecule has 1 aliphatic heterocycles. The van der Waals surface area contributed by atoms with Gasteiger partial charge in [-0.3, -0.25) is 9.88 Å². The lowest BCUT2D eigenvalue weighted by atomic mass is 9.87. The van der Waals surface area contributed by atoms with Crippen molar-refractivity contribution in [3.8, 4) is 0 Å². The first-order valence-electron chi connectivity index (χ1n) is 8.87. The number of hydrogen-bond donors (Lipinski definition) is 0. The Balaban J connectivity index is 1.62. The van der Waals surface area contributed by atoms with Gasteiger partial charge in [0.2, 0.25) is 0 Å². The highest BCUT2D eigenvalue weighted by Crippen LogP contribution is 2.25. The maximum Gasteiger partial charge on any atom is 0.0730 e. The van der Waals surface area contributed by atoms with Crippen molar-refractivity contribution in [2.75, 3.05) is 20.2 Å². The van der Waals surface area contributed by atoms with Crippen LogP contribution < -0.4 is 0 Å². The zero-order valence-electron chi connectivity index (χ0n) is 15.0. The van der Waals surface area contributed by atoms with E-state index in [1.807, 2.05) is 19.4 Å². The van der Waals surface area contributed by atoms with Crippen LogP contribution in [0.25, 0.3) is 0 Å². The van der Waals surface area contributed by atoms with E-state index in [4.69, 9.17) is 4.74 Å². The van der Waals surface area contributed by atoms with E-state index < -0.39 is 0 Å². The third kappa shape index (κ3) is 4.22. The highest BCUT2D eigenvalue weighted by molar-refractivity contribution is 5.23. The molecule has 3 nitrogen and oxygen atoms in total. The van der Waals surface area contributed by atoms with E-state index in [1.54, 1.807) is 0 Å². The second-order valence-corrected chi connectivity index (χ2v) is 7.02. The van der Waals surface area contributed by atoms with Gasteiger partial charge in [-0.1, -0.05) is 35.9 Å². The molecule has 0 unspecified atom stereocenters. The van der Waals surface area contributed by atoms with Crippen molar-refractivity contribution in [1.82, 2.24) is 9.88 Å². The normalized spacial score (nSPS) is 21.8. The van der Waals surface area contributed by atoms with Crippen LogP contribution in [0, 0.1) is 19.8 Å². The summed E-state index contributed by atoms with van der Waals surface area (Å²) >= 11 is 0. The van der Waals surface area contributed by atoms with Gasteiger partial charge in [-0.2, -0.15) is 0 Å². The van der Waals surface area contributed by atoms with Crippen molar-refractivity contribution in [3.63, 3.8) is 0 Å². The Morgan fingerprint density at radius 1 is 1.21 bits per heavy atom. The Labute approximate surface area is 145 Å². The molecule has 0 saturated carbocycles. The largest absolute Gasteiger partial charge is 0.380 e. The molecule has 24 heavy (non-hydrogen) atoms. The van der Waals surface area contributed by atoms with Crippen LogP contribution in [0.15, 0.2) is 42.6 Å². The lowest BCUT2D eigenvalue weighted by Crippen LogP contribution is -2.45. The molecule has 3 rings (SSSR count). The van der Waals surface area contributed by atoms with E-state index in [0.717, 1.165) is 26.1 Å². The minimum Gasteiger partial charge on any atom is -0.380 e. The summed E-state index contributed by atoms with van der Waals surface area (Å²) in [6.07, 6.45) is 4.47. The van der Waals surface area contributed by atoms with E-state index in [9.17, 15) is 0 Å². The van der Waals surface area contributed by atoms with Crippen LogP contribution in [0.5, 0.6) is 0 Å². The molecule has 2 heterocycles. The Hall–Kier alpha value is -1.71. The molecule has 128 valence electrons. The molecule has 3 heteroatoms. The first-order valence-corrected chi connectivity index (χ1v) is 8.87. The summed E-state index contributed by atoms with van der Waals surface area (Å²) in [5, 5.41) is 0. The number of rotatable bonds is 5. The van der Waals surface area contributed by atoms with Gasteiger partial charge in [-0.05, 0) is 56.3 Å². The Kier molecular flexibility index (Phi) is 5.64. The number of pyridine rings is 1. The van der Waals surface area contributed by atoms with Crippen LogP contribution in [0.4, 0.5) is 0 Å². The second kappa shape index (κ2) is 7.91. The number of aromatic nitrogens is 1. The summed E-state index contributed by atoms with van der Waals surface area (Å²) in [6.45, 7) is 7.33. The maximum atomic E-state index is 5.84. The van der Waals surface area contributed by atoms with Crippen molar-refractivity contribution < 1.29 is 4.74 Å². The molecular formula is C21H28N2O. The van der Waals surface area contributed by atoms with Crippen molar-refractivity contribution in [2.24, 2.45) is 5.92 Å². The fraction of sp³-hybridized carbons (Fsp3) is 0.476. The molecular weight excluding hydrogens is 296 g/mol. The van der Waals surface area contributed by atoms with Crippen LogP contribution in [-0.2, 0) is 17.7 Å². The molecule has 0 aliphatic carbocycles. The number of methoxy groups -OCH3 is 1. The summed E-state index contributed by atoms with van der Waals surface area (Å²) in [5.41, 5.74) is 5.22. The quantitative estimate of drug-likeness (QED) is 0.837. The van der Waals surface area contributed by atoms with Crippen molar-refractivity contribution in [3.05, 3.63) is 65.0 Å². The fourth-order valence-electron chi connectivity index (χ4n) is 3.71. The molecule has 1 fully saturated rings. The van der Waals surface area contributed by atoms with Crippen molar-refractivity contribution in [1.29, 1.82) is 0 Å². The average Bonchev–Trinajstić information content (AvgIpc) is 2.58.